The lowest BCUT2D eigenvalue weighted by atomic mass is 10.2. The van der Waals surface area contributed by atoms with Gasteiger partial charge in [0.15, 0.2) is 0 Å². The minimum Gasteiger partial charge on any atom is -0.491 e. The summed E-state index contributed by atoms with van der Waals surface area (Å²) in [5, 5.41) is 3.27. The molecule has 19 heavy (non-hydrogen) atoms. The van der Waals surface area contributed by atoms with Crippen LogP contribution in [-0.2, 0) is 4.79 Å². The number of carbonyl (C=O) groups excluding carboxylic acids is 1. The molecule has 1 aromatic carbocycles. The summed E-state index contributed by atoms with van der Waals surface area (Å²) in [5.74, 6) is 0.465. The number of amides is 1. The van der Waals surface area contributed by atoms with Crippen molar-refractivity contribution in [2.45, 2.75) is 32.6 Å². The summed E-state index contributed by atoms with van der Waals surface area (Å²) in [6.45, 7) is 3.51. The summed E-state index contributed by atoms with van der Waals surface area (Å²) in [6, 6.07) is 5.65. The summed E-state index contributed by atoms with van der Waals surface area (Å²) in [7, 11) is 0. The van der Waals surface area contributed by atoms with Crippen LogP contribution in [0, 0.1) is 0 Å². The minimum absolute atomic E-state index is 0.247. The number of hydrogen-bond acceptors (Lipinski definition) is 4. The molecule has 1 rings (SSSR count). The van der Waals surface area contributed by atoms with Gasteiger partial charge in [-0.05, 0) is 31.4 Å². The maximum Gasteiger partial charge on any atom is 0.217 e. The second-order valence-corrected chi connectivity index (χ2v) is 4.45. The van der Waals surface area contributed by atoms with Gasteiger partial charge < -0.3 is 21.5 Å². The number of ether oxygens (including phenoxy) is 1. The van der Waals surface area contributed by atoms with Crippen molar-refractivity contribution in [3.8, 4) is 5.75 Å². The van der Waals surface area contributed by atoms with Crippen molar-refractivity contribution < 1.29 is 9.53 Å². The van der Waals surface area contributed by atoms with Crippen LogP contribution in [0.25, 0.3) is 0 Å². The lowest BCUT2D eigenvalue weighted by molar-refractivity contribution is -0.118. The fraction of sp³-hybridized carbons (Fsp3) is 0.500. The third-order valence-corrected chi connectivity index (χ3v) is 2.65. The van der Waals surface area contributed by atoms with E-state index in [0.29, 0.717) is 24.5 Å². The molecule has 1 aromatic rings. The molecule has 0 fully saturated rings. The van der Waals surface area contributed by atoms with E-state index in [2.05, 4.69) is 12.2 Å². The topological polar surface area (TPSA) is 90.4 Å². The van der Waals surface area contributed by atoms with Gasteiger partial charge in [0.2, 0.25) is 5.91 Å². The van der Waals surface area contributed by atoms with Crippen LogP contribution >= 0.6 is 0 Å². The highest BCUT2D eigenvalue weighted by molar-refractivity contribution is 5.73. The highest BCUT2D eigenvalue weighted by atomic mass is 16.5. The molecule has 5 N–H and O–H groups in total. The first-order chi connectivity index (χ1) is 9.13. The predicted molar refractivity (Wildman–Crippen MR) is 78.2 cm³/mol. The van der Waals surface area contributed by atoms with E-state index in [-0.39, 0.29) is 5.91 Å². The first-order valence-electron chi connectivity index (χ1n) is 6.68. The number of nitrogens with one attached hydrogen (secondary N) is 1. The average molecular weight is 265 g/mol. The van der Waals surface area contributed by atoms with E-state index < -0.39 is 0 Å². The standard InChI is InChI=1S/C14H23N3O2/c1-2-9-19-13-10-11(6-7-12(13)15)17-8-4-3-5-14(16)18/h6-7,10,17H,2-5,8-9,15H2,1H3,(H2,16,18). The van der Waals surface area contributed by atoms with Crippen molar-refractivity contribution in [3.63, 3.8) is 0 Å². The van der Waals surface area contributed by atoms with Gasteiger partial charge in [0.05, 0.1) is 12.3 Å². The monoisotopic (exact) mass is 265 g/mol. The fourth-order valence-corrected chi connectivity index (χ4v) is 1.64. The van der Waals surface area contributed by atoms with Crippen molar-refractivity contribution in [3.05, 3.63) is 18.2 Å². The Morgan fingerprint density at radius 2 is 2.16 bits per heavy atom. The van der Waals surface area contributed by atoms with Gasteiger partial charge in [0.1, 0.15) is 5.75 Å². The van der Waals surface area contributed by atoms with Crippen LogP contribution in [0.15, 0.2) is 18.2 Å². The molecule has 5 heteroatoms. The first-order valence-corrected chi connectivity index (χ1v) is 6.68. The number of nitrogen functional groups attached to an aromatic ring is 1. The minimum atomic E-state index is -0.247. The van der Waals surface area contributed by atoms with E-state index >= 15 is 0 Å². The van der Waals surface area contributed by atoms with Gasteiger partial charge in [0.25, 0.3) is 0 Å². The smallest absolute Gasteiger partial charge is 0.217 e. The molecule has 0 atom stereocenters. The number of carbonyl (C=O) groups is 1. The molecule has 0 aliphatic heterocycles. The molecule has 0 unspecified atom stereocenters. The normalized spacial score (nSPS) is 10.2. The molecule has 0 heterocycles. The Labute approximate surface area is 114 Å². The van der Waals surface area contributed by atoms with Crippen molar-refractivity contribution >= 4 is 17.3 Å². The van der Waals surface area contributed by atoms with Crippen LogP contribution in [-0.4, -0.2) is 19.1 Å². The molecule has 0 bridgehead atoms. The SMILES string of the molecule is CCCOc1cc(NCCCCC(N)=O)ccc1N. The van der Waals surface area contributed by atoms with E-state index in [1.54, 1.807) is 0 Å². The van der Waals surface area contributed by atoms with E-state index in [0.717, 1.165) is 31.5 Å². The third-order valence-electron chi connectivity index (χ3n) is 2.65. The first kappa shape index (κ1) is 15.1. The lowest BCUT2D eigenvalue weighted by Gasteiger charge is -2.11. The number of anilines is 2. The highest BCUT2D eigenvalue weighted by Gasteiger charge is 2.02. The number of primary amides is 1. The van der Waals surface area contributed by atoms with Crippen molar-refractivity contribution in [1.82, 2.24) is 0 Å². The Morgan fingerprint density at radius 3 is 2.84 bits per heavy atom. The van der Waals surface area contributed by atoms with Crippen LogP contribution in [0.3, 0.4) is 0 Å². The fourth-order valence-electron chi connectivity index (χ4n) is 1.64. The van der Waals surface area contributed by atoms with E-state index in [4.69, 9.17) is 16.2 Å². The van der Waals surface area contributed by atoms with Crippen LogP contribution in [0.1, 0.15) is 32.6 Å². The predicted octanol–water partition coefficient (Wildman–Crippen LogP) is 2.13. The van der Waals surface area contributed by atoms with Gasteiger partial charge in [-0.25, -0.2) is 0 Å². The zero-order chi connectivity index (χ0) is 14.1. The average Bonchev–Trinajstić information content (AvgIpc) is 2.38. The van der Waals surface area contributed by atoms with Gasteiger partial charge in [-0.15, -0.1) is 0 Å². The lowest BCUT2D eigenvalue weighted by Crippen LogP contribution is -2.11. The third kappa shape index (κ3) is 5.99. The molecule has 5 nitrogen and oxygen atoms in total. The molecule has 0 aliphatic carbocycles. The van der Waals surface area contributed by atoms with Crippen LogP contribution in [0.4, 0.5) is 11.4 Å². The van der Waals surface area contributed by atoms with Crippen LogP contribution < -0.4 is 21.5 Å². The van der Waals surface area contributed by atoms with Gasteiger partial charge >= 0.3 is 0 Å². The molecule has 1 amide bonds. The maximum absolute atomic E-state index is 10.6. The second-order valence-electron chi connectivity index (χ2n) is 4.45. The van der Waals surface area contributed by atoms with Crippen molar-refractivity contribution in [1.29, 1.82) is 0 Å². The number of hydrogen-bond donors (Lipinski definition) is 3. The summed E-state index contributed by atoms with van der Waals surface area (Å²) in [6.07, 6.45) is 3.09. The zero-order valence-electron chi connectivity index (χ0n) is 11.4. The number of rotatable bonds is 9. The summed E-state index contributed by atoms with van der Waals surface area (Å²) in [4.78, 5) is 10.6. The highest BCUT2D eigenvalue weighted by Crippen LogP contribution is 2.25. The largest absolute Gasteiger partial charge is 0.491 e. The Kier molecular flexibility index (Phi) is 6.57. The number of unbranched alkanes of at least 4 members (excludes halogenated alkanes) is 1. The van der Waals surface area contributed by atoms with Gasteiger partial charge in [-0.1, -0.05) is 6.92 Å². The van der Waals surface area contributed by atoms with Crippen molar-refractivity contribution in [2.24, 2.45) is 5.73 Å². The second kappa shape index (κ2) is 8.24. The van der Waals surface area contributed by atoms with Crippen LogP contribution in [0.5, 0.6) is 5.75 Å². The summed E-state index contributed by atoms with van der Waals surface area (Å²) >= 11 is 0. The number of benzene rings is 1. The quantitative estimate of drug-likeness (QED) is 0.471. The van der Waals surface area contributed by atoms with E-state index in [9.17, 15) is 4.79 Å². The maximum atomic E-state index is 10.6. The Hall–Kier alpha value is -1.91. The van der Waals surface area contributed by atoms with E-state index in [1.165, 1.54) is 0 Å². The molecular formula is C14H23N3O2. The molecule has 0 spiro atoms. The van der Waals surface area contributed by atoms with Gasteiger partial charge in [-0.3, -0.25) is 4.79 Å². The molecule has 0 aromatic heterocycles. The Bertz CT molecular complexity index is 408. The number of nitrogens with two attached hydrogens (primary N) is 2. The van der Waals surface area contributed by atoms with E-state index in [1.807, 2.05) is 18.2 Å². The van der Waals surface area contributed by atoms with Crippen molar-refractivity contribution in [2.75, 3.05) is 24.2 Å². The zero-order valence-corrected chi connectivity index (χ0v) is 11.4. The molecule has 106 valence electrons. The Balaban J connectivity index is 2.39. The summed E-state index contributed by atoms with van der Waals surface area (Å²) < 4.78 is 5.56. The Morgan fingerprint density at radius 1 is 1.37 bits per heavy atom. The molecule has 0 aliphatic rings. The molecule has 0 saturated heterocycles. The van der Waals surface area contributed by atoms with Crippen LogP contribution in [0.2, 0.25) is 0 Å². The molecular weight excluding hydrogens is 242 g/mol. The van der Waals surface area contributed by atoms with Gasteiger partial charge in [0, 0.05) is 24.7 Å². The van der Waals surface area contributed by atoms with Gasteiger partial charge in [-0.2, -0.15) is 0 Å². The summed E-state index contributed by atoms with van der Waals surface area (Å²) in [5.41, 5.74) is 12.5. The molecule has 0 radical (unpaired) electrons. The molecule has 0 saturated carbocycles.